The van der Waals surface area contributed by atoms with Crippen LogP contribution < -0.4 is 15.8 Å². The van der Waals surface area contributed by atoms with Crippen LogP contribution in [0.2, 0.25) is 0 Å². The maximum absolute atomic E-state index is 5.90. The van der Waals surface area contributed by atoms with Gasteiger partial charge in [-0.1, -0.05) is 12.1 Å². The fourth-order valence-electron chi connectivity index (χ4n) is 2.41. The zero-order valence-electron chi connectivity index (χ0n) is 10.4. The van der Waals surface area contributed by atoms with E-state index in [4.69, 9.17) is 15.2 Å². The second-order valence-corrected chi connectivity index (χ2v) is 4.56. The monoisotopic (exact) mass is 236 g/mol. The summed E-state index contributed by atoms with van der Waals surface area (Å²) in [5.41, 5.74) is 7.11. The van der Waals surface area contributed by atoms with Gasteiger partial charge in [-0.05, 0) is 24.7 Å². The largest absolute Gasteiger partial charge is 0.497 e. The Bertz CT molecular complexity index is 372. The number of hydrogen-bond acceptors (Lipinski definition) is 4. The van der Waals surface area contributed by atoms with E-state index < -0.39 is 0 Å². The van der Waals surface area contributed by atoms with Gasteiger partial charge in [0.15, 0.2) is 0 Å². The number of hydrogen-bond donors (Lipinski definition) is 2. The van der Waals surface area contributed by atoms with E-state index in [1.54, 1.807) is 7.11 Å². The molecule has 1 saturated heterocycles. The molecule has 0 aliphatic carbocycles. The summed E-state index contributed by atoms with van der Waals surface area (Å²) in [5, 5.41) is 3.35. The van der Waals surface area contributed by atoms with Crippen molar-refractivity contribution in [2.24, 2.45) is 11.1 Å². The Morgan fingerprint density at radius 3 is 2.76 bits per heavy atom. The standard InChI is InChI=1S/C13H20N2O2/c1-15-12(13(7-14)8-17-9-13)10-4-3-5-11(6-10)16-2/h3-6,12,15H,7-9,14H2,1-2H3. The van der Waals surface area contributed by atoms with Crippen LogP contribution in [0.25, 0.3) is 0 Å². The van der Waals surface area contributed by atoms with E-state index in [1.165, 1.54) is 5.56 Å². The molecular weight excluding hydrogens is 216 g/mol. The summed E-state index contributed by atoms with van der Waals surface area (Å²) in [6.07, 6.45) is 0. The molecule has 1 atom stereocenters. The zero-order chi connectivity index (χ0) is 12.3. The highest BCUT2D eigenvalue weighted by Crippen LogP contribution is 2.40. The van der Waals surface area contributed by atoms with Gasteiger partial charge in [-0.25, -0.2) is 0 Å². The molecule has 1 fully saturated rings. The molecule has 1 aromatic carbocycles. The number of ether oxygens (including phenoxy) is 2. The molecule has 1 aromatic rings. The highest BCUT2D eigenvalue weighted by Gasteiger charge is 2.44. The van der Waals surface area contributed by atoms with E-state index in [9.17, 15) is 0 Å². The first kappa shape index (κ1) is 12.4. The maximum atomic E-state index is 5.90. The zero-order valence-corrected chi connectivity index (χ0v) is 10.4. The number of benzene rings is 1. The van der Waals surface area contributed by atoms with E-state index in [2.05, 4.69) is 17.4 Å². The minimum Gasteiger partial charge on any atom is -0.497 e. The van der Waals surface area contributed by atoms with Crippen LogP contribution in [0.1, 0.15) is 11.6 Å². The molecule has 0 radical (unpaired) electrons. The quantitative estimate of drug-likeness (QED) is 0.798. The van der Waals surface area contributed by atoms with Crippen molar-refractivity contribution < 1.29 is 9.47 Å². The normalized spacial score (nSPS) is 19.5. The maximum Gasteiger partial charge on any atom is 0.119 e. The van der Waals surface area contributed by atoms with Crippen molar-refractivity contribution in [2.75, 3.05) is 33.9 Å². The van der Waals surface area contributed by atoms with Gasteiger partial charge >= 0.3 is 0 Å². The van der Waals surface area contributed by atoms with Gasteiger partial charge in [-0.2, -0.15) is 0 Å². The molecule has 0 spiro atoms. The first-order valence-corrected chi connectivity index (χ1v) is 5.85. The SMILES string of the molecule is CNC(c1cccc(OC)c1)C1(CN)COC1. The Morgan fingerprint density at radius 1 is 1.53 bits per heavy atom. The molecule has 94 valence electrons. The van der Waals surface area contributed by atoms with Gasteiger partial charge in [0.1, 0.15) is 5.75 Å². The lowest BCUT2D eigenvalue weighted by Crippen LogP contribution is -2.55. The lowest BCUT2D eigenvalue weighted by Gasteiger charge is -2.46. The molecule has 3 N–H and O–H groups in total. The van der Waals surface area contributed by atoms with Crippen molar-refractivity contribution >= 4 is 0 Å². The minimum atomic E-state index is 0.0150. The molecule has 1 aliphatic rings. The van der Waals surface area contributed by atoms with E-state index in [-0.39, 0.29) is 11.5 Å². The third kappa shape index (κ3) is 2.16. The van der Waals surface area contributed by atoms with Crippen LogP contribution in [0.15, 0.2) is 24.3 Å². The van der Waals surface area contributed by atoms with Gasteiger partial charge in [0.25, 0.3) is 0 Å². The Kier molecular flexibility index (Phi) is 3.66. The lowest BCUT2D eigenvalue weighted by atomic mass is 9.75. The highest BCUT2D eigenvalue weighted by molar-refractivity contribution is 5.32. The van der Waals surface area contributed by atoms with E-state index in [1.807, 2.05) is 19.2 Å². The molecule has 0 amide bonds. The summed E-state index contributed by atoms with van der Waals surface area (Å²) in [7, 11) is 3.64. The lowest BCUT2D eigenvalue weighted by molar-refractivity contribution is -0.126. The Hall–Kier alpha value is -1.10. The molecule has 1 unspecified atom stereocenters. The fourth-order valence-corrected chi connectivity index (χ4v) is 2.41. The summed E-state index contributed by atoms with van der Waals surface area (Å²) in [6, 6.07) is 8.30. The summed E-state index contributed by atoms with van der Waals surface area (Å²) >= 11 is 0. The number of nitrogens with one attached hydrogen (secondary N) is 1. The topological polar surface area (TPSA) is 56.5 Å². The van der Waals surface area contributed by atoms with Crippen LogP contribution >= 0.6 is 0 Å². The molecule has 17 heavy (non-hydrogen) atoms. The molecule has 4 heteroatoms. The number of nitrogens with two attached hydrogens (primary N) is 1. The van der Waals surface area contributed by atoms with Crippen LogP contribution in [0.4, 0.5) is 0 Å². The number of methoxy groups -OCH3 is 1. The second kappa shape index (κ2) is 5.04. The summed E-state index contributed by atoms with van der Waals surface area (Å²) < 4.78 is 10.6. The predicted octanol–water partition coefficient (Wildman–Crippen LogP) is 0.931. The van der Waals surface area contributed by atoms with Gasteiger partial charge in [0, 0.05) is 18.0 Å². The minimum absolute atomic E-state index is 0.0150. The van der Waals surface area contributed by atoms with E-state index in [0.717, 1.165) is 5.75 Å². The second-order valence-electron chi connectivity index (χ2n) is 4.56. The van der Waals surface area contributed by atoms with Gasteiger partial charge in [-0.15, -0.1) is 0 Å². The van der Waals surface area contributed by atoms with Crippen molar-refractivity contribution in [3.8, 4) is 5.75 Å². The van der Waals surface area contributed by atoms with Crippen LogP contribution in [0, 0.1) is 5.41 Å². The van der Waals surface area contributed by atoms with E-state index in [0.29, 0.717) is 19.8 Å². The third-order valence-corrected chi connectivity index (χ3v) is 3.51. The molecule has 1 aliphatic heterocycles. The highest BCUT2D eigenvalue weighted by atomic mass is 16.5. The first-order chi connectivity index (χ1) is 8.25. The van der Waals surface area contributed by atoms with Gasteiger partial charge < -0.3 is 20.5 Å². The summed E-state index contributed by atoms with van der Waals surface area (Å²) in [4.78, 5) is 0. The fraction of sp³-hybridized carbons (Fsp3) is 0.538. The molecule has 4 nitrogen and oxygen atoms in total. The molecule has 0 saturated carbocycles. The van der Waals surface area contributed by atoms with Crippen LogP contribution in [-0.2, 0) is 4.74 Å². The first-order valence-electron chi connectivity index (χ1n) is 5.85. The Labute approximate surface area is 102 Å². The third-order valence-electron chi connectivity index (χ3n) is 3.51. The summed E-state index contributed by atoms with van der Waals surface area (Å²) in [6.45, 7) is 2.05. The smallest absolute Gasteiger partial charge is 0.119 e. The molecular formula is C13H20N2O2. The summed E-state index contributed by atoms with van der Waals surface area (Å²) in [5.74, 6) is 0.871. The van der Waals surface area contributed by atoms with Crippen molar-refractivity contribution in [3.63, 3.8) is 0 Å². The van der Waals surface area contributed by atoms with Gasteiger partial charge in [0.05, 0.1) is 20.3 Å². The van der Waals surface area contributed by atoms with Crippen molar-refractivity contribution in [3.05, 3.63) is 29.8 Å². The van der Waals surface area contributed by atoms with Gasteiger partial charge in [0.2, 0.25) is 0 Å². The van der Waals surface area contributed by atoms with Crippen LogP contribution in [0.3, 0.4) is 0 Å². The van der Waals surface area contributed by atoms with Gasteiger partial charge in [-0.3, -0.25) is 0 Å². The van der Waals surface area contributed by atoms with Crippen LogP contribution in [0.5, 0.6) is 5.75 Å². The van der Waals surface area contributed by atoms with Crippen LogP contribution in [-0.4, -0.2) is 33.9 Å². The Balaban J connectivity index is 2.28. The predicted molar refractivity (Wildman–Crippen MR) is 67.1 cm³/mol. The van der Waals surface area contributed by atoms with Crippen molar-refractivity contribution in [2.45, 2.75) is 6.04 Å². The molecule has 1 heterocycles. The van der Waals surface area contributed by atoms with Crippen molar-refractivity contribution in [1.82, 2.24) is 5.32 Å². The molecule has 0 bridgehead atoms. The molecule has 2 rings (SSSR count). The Morgan fingerprint density at radius 2 is 2.29 bits per heavy atom. The molecule has 0 aromatic heterocycles. The number of rotatable bonds is 5. The van der Waals surface area contributed by atoms with Crippen molar-refractivity contribution in [1.29, 1.82) is 0 Å². The average molecular weight is 236 g/mol. The van der Waals surface area contributed by atoms with E-state index >= 15 is 0 Å². The average Bonchev–Trinajstić information content (AvgIpc) is 2.33.